The number of carbonyl (C=O) groups excluding carboxylic acids is 1. The zero-order valence-electron chi connectivity index (χ0n) is 13.1. The first kappa shape index (κ1) is 16.3. The first-order valence-corrected chi connectivity index (χ1v) is 7.74. The van der Waals surface area contributed by atoms with E-state index in [0.717, 1.165) is 10.2 Å². The molecule has 0 bridgehead atoms. The topological polar surface area (TPSA) is 47.6 Å². The lowest BCUT2D eigenvalue weighted by atomic mass is 9.78. The normalized spacial score (nSPS) is 26.4. The van der Waals surface area contributed by atoms with Crippen molar-refractivity contribution in [1.29, 1.82) is 0 Å². The number of ether oxygens (including phenoxy) is 2. The van der Waals surface area contributed by atoms with E-state index in [9.17, 15) is 4.79 Å². The molecule has 1 aromatic carbocycles. The molecule has 5 heteroatoms. The maximum atomic E-state index is 12.5. The molecule has 1 heterocycles. The average Bonchev–Trinajstić information content (AvgIpc) is 2.56. The van der Waals surface area contributed by atoms with Crippen LogP contribution in [0.3, 0.4) is 0 Å². The lowest BCUT2D eigenvalue weighted by Gasteiger charge is -2.38. The first-order chi connectivity index (χ1) is 9.62. The molecule has 0 aliphatic carbocycles. The molecule has 1 fully saturated rings. The van der Waals surface area contributed by atoms with Gasteiger partial charge in [0.1, 0.15) is 0 Å². The van der Waals surface area contributed by atoms with Crippen LogP contribution in [0.1, 0.15) is 34.1 Å². The number of esters is 1. The maximum Gasteiger partial charge on any atom is 0.334 e. The molecule has 1 aliphatic rings. The molecule has 1 N–H and O–H groups in total. The Morgan fingerprint density at radius 3 is 2.24 bits per heavy atom. The number of anilines is 1. The molecule has 0 saturated carbocycles. The number of hydrogen-bond acceptors (Lipinski definition) is 4. The first-order valence-electron chi connectivity index (χ1n) is 6.94. The van der Waals surface area contributed by atoms with Crippen LogP contribution in [0.15, 0.2) is 28.7 Å². The third-order valence-electron chi connectivity index (χ3n) is 3.99. The SMILES string of the molecule is COC(=O)C1(Nc2ccc(Br)cc2)CC(C)(C)OC1(C)C. The van der Waals surface area contributed by atoms with Gasteiger partial charge in [-0.2, -0.15) is 0 Å². The van der Waals surface area contributed by atoms with E-state index in [1.54, 1.807) is 0 Å². The second kappa shape index (κ2) is 5.29. The summed E-state index contributed by atoms with van der Waals surface area (Å²) in [5.74, 6) is -0.305. The molecule has 1 aliphatic heterocycles. The van der Waals surface area contributed by atoms with E-state index >= 15 is 0 Å². The predicted molar refractivity (Wildman–Crippen MR) is 86.4 cm³/mol. The Balaban J connectivity index is 2.43. The number of hydrogen-bond donors (Lipinski definition) is 1. The van der Waals surface area contributed by atoms with Crippen molar-refractivity contribution in [3.05, 3.63) is 28.7 Å². The van der Waals surface area contributed by atoms with Gasteiger partial charge in [-0.3, -0.25) is 0 Å². The van der Waals surface area contributed by atoms with Crippen LogP contribution >= 0.6 is 15.9 Å². The molecular formula is C16H22BrNO3. The zero-order chi connectivity index (χ0) is 15.9. The minimum absolute atomic E-state index is 0.305. The fraction of sp³-hybridized carbons (Fsp3) is 0.562. The van der Waals surface area contributed by atoms with Gasteiger partial charge in [0.2, 0.25) is 0 Å². The highest BCUT2D eigenvalue weighted by Gasteiger charge is 2.62. The van der Waals surface area contributed by atoms with Gasteiger partial charge in [-0.25, -0.2) is 4.79 Å². The molecule has 0 spiro atoms. The van der Waals surface area contributed by atoms with Gasteiger partial charge < -0.3 is 14.8 Å². The Kier molecular flexibility index (Phi) is 4.10. The van der Waals surface area contributed by atoms with E-state index in [4.69, 9.17) is 9.47 Å². The fourth-order valence-electron chi connectivity index (χ4n) is 3.18. The lowest BCUT2D eigenvalue weighted by Crippen LogP contribution is -2.59. The third-order valence-corrected chi connectivity index (χ3v) is 4.51. The Morgan fingerprint density at radius 1 is 1.24 bits per heavy atom. The maximum absolute atomic E-state index is 12.5. The van der Waals surface area contributed by atoms with Crippen molar-refractivity contribution in [2.24, 2.45) is 0 Å². The van der Waals surface area contributed by atoms with Crippen molar-refractivity contribution in [3.8, 4) is 0 Å². The quantitative estimate of drug-likeness (QED) is 0.838. The van der Waals surface area contributed by atoms with Gasteiger partial charge in [0, 0.05) is 16.6 Å². The smallest absolute Gasteiger partial charge is 0.334 e. The van der Waals surface area contributed by atoms with E-state index in [-0.39, 0.29) is 5.97 Å². The summed E-state index contributed by atoms with van der Waals surface area (Å²) in [6, 6.07) is 7.72. The average molecular weight is 356 g/mol. The van der Waals surface area contributed by atoms with Gasteiger partial charge in [0.15, 0.2) is 5.54 Å². The Hall–Kier alpha value is -1.07. The van der Waals surface area contributed by atoms with Crippen LogP contribution in [0, 0.1) is 0 Å². The van der Waals surface area contributed by atoms with E-state index in [0.29, 0.717) is 6.42 Å². The van der Waals surface area contributed by atoms with Crippen LogP contribution in [0.25, 0.3) is 0 Å². The van der Waals surface area contributed by atoms with Crippen molar-refractivity contribution in [1.82, 2.24) is 0 Å². The number of rotatable bonds is 3. The highest BCUT2D eigenvalue weighted by Crippen LogP contribution is 2.47. The summed E-state index contributed by atoms with van der Waals surface area (Å²) in [5, 5.41) is 3.36. The Morgan fingerprint density at radius 2 is 1.81 bits per heavy atom. The summed E-state index contributed by atoms with van der Waals surface area (Å²) in [6.45, 7) is 7.82. The monoisotopic (exact) mass is 355 g/mol. The third kappa shape index (κ3) is 2.94. The molecule has 1 aromatic rings. The van der Waals surface area contributed by atoms with Crippen LogP contribution in [0.4, 0.5) is 5.69 Å². The number of nitrogens with one attached hydrogen (secondary N) is 1. The van der Waals surface area contributed by atoms with Crippen LogP contribution in [0.5, 0.6) is 0 Å². The summed E-state index contributed by atoms with van der Waals surface area (Å²) in [7, 11) is 1.41. The zero-order valence-corrected chi connectivity index (χ0v) is 14.7. The fourth-order valence-corrected chi connectivity index (χ4v) is 3.45. The summed E-state index contributed by atoms with van der Waals surface area (Å²) < 4.78 is 12.2. The van der Waals surface area contributed by atoms with Gasteiger partial charge in [0.05, 0.1) is 18.3 Å². The van der Waals surface area contributed by atoms with Crippen LogP contribution < -0.4 is 5.32 Å². The van der Waals surface area contributed by atoms with Gasteiger partial charge in [-0.15, -0.1) is 0 Å². The van der Waals surface area contributed by atoms with Crippen LogP contribution in [-0.2, 0) is 14.3 Å². The molecule has 0 radical (unpaired) electrons. The molecule has 1 saturated heterocycles. The van der Waals surface area contributed by atoms with E-state index in [2.05, 4.69) is 21.2 Å². The molecule has 2 rings (SSSR count). The van der Waals surface area contributed by atoms with Crippen molar-refractivity contribution in [2.75, 3.05) is 12.4 Å². The molecule has 0 aromatic heterocycles. The Labute approximate surface area is 134 Å². The highest BCUT2D eigenvalue weighted by molar-refractivity contribution is 9.10. The molecule has 21 heavy (non-hydrogen) atoms. The standard InChI is InChI=1S/C16H22BrNO3/c1-14(2)10-16(13(19)20-5,15(3,4)21-14)18-12-8-6-11(17)7-9-12/h6-9,18H,10H2,1-5H3. The lowest BCUT2D eigenvalue weighted by molar-refractivity contribution is -0.152. The van der Waals surface area contributed by atoms with Gasteiger partial charge in [0.25, 0.3) is 0 Å². The van der Waals surface area contributed by atoms with Gasteiger partial charge >= 0.3 is 5.97 Å². The van der Waals surface area contributed by atoms with E-state index in [1.807, 2.05) is 52.0 Å². The minimum Gasteiger partial charge on any atom is -0.467 e. The molecule has 4 nitrogen and oxygen atoms in total. The van der Waals surface area contributed by atoms with Crippen molar-refractivity contribution < 1.29 is 14.3 Å². The summed E-state index contributed by atoms with van der Waals surface area (Å²) >= 11 is 3.41. The molecule has 1 unspecified atom stereocenters. The number of carbonyl (C=O) groups is 1. The van der Waals surface area contributed by atoms with Crippen LogP contribution in [-0.4, -0.2) is 29.8 Å². The van der Waals surface area contributed by atoms with Gasteiger partial charge in [-0.1, -0.05) is 15.9 Å². The second-order valence-electron chi connectivity index (χ2n) is 6.58. The van der Waals surface area contributed by atoms with E-state index in [1.165, 1.54) is 7.11 Å². The van der Waals surface area contributed by atoms with Gasteiger partial charge in [-0.05, 0) is 52.0 Å². The predicted octanol–water partition coefficient (Wildman–Crippen LogP) is 3.75. The number of methoxy groups -OCH3 is 1. The summed E-state index contributed by atoms with van der Waals surface area (Å²) in [5.41, 5.74) is -1.14. The minimum atomic E-state index is -0.918. The largest absolute Gasteiger partial charge is 0.467 e. The van der Waals surface area contributed by atoms with E-state index < -0.39 is 16.7 Å². The van der Waals surface area contributed by atoms with Crippen molar-refractivity contribution in [3.63, 3.8) is 0 Å². The number of halogens is 1. The second-order valence-corrected chi connectivity index (χ2v) is 7.49. The highest BCUT2D eigenvalue weighted by atomic mass is 79.9. The Bertz CT molecular complexity index is 539. The molecular weight excluding hydrogens is 334 g/mol. The summed E-state index contributed by atoms with van der Waals surface area (Å²) in [6.07, 6.45) is 0.537. The molecule has 116 valence electrons. The van der Waals surface area contributed by atoms with Crippen molar-refractivity contribution >= 4 is 27.6 Å². The van der Waals surface area contributed by atoms with Crippen LogP contribution in [0.2, 0.25) is 0 Å². The molecule has 1 atom stereocenters. The summed E-state index contributed by atoms with van der Waals surface area (Å²) in [4.78, 5) is 12.5. The van der Waals surface area contributed by atoms with Crippen molar-refractivity contribution in [2.45, 2.75) is 50.9 Å². The molecule has 0 amide bonds. The number of benzene rings is 1.